The maximum absolute atomic E-state index is 14.2. The van der Waals surface area contributed by atoms with Crippen molar-refractivity contribution >= 4 is 27.5 Å². The summed E-state index contributed by atoms with van der Waals surface area (Å²) in [5, 5.41) is 2.99. The second-order valence-corrected chi connectivity index (χ2v) is 12.2. The first kappa shape index (κ1) is 31.7. The minimum Gasteiger partial charge on any atom is -0.495 e. The molecule has 1 unspecified atom stereocenters. The van der Waals surface area contributed by atoms with Gasteiger partial charge in [0.15, 0.2) is 0 Å². The topological polar surface area (TPSA) is 96.0 Å². The monoisotopic (exact) mass is 579 g/mol. The Hall–Kier alpha value is -3.85. The van der Waals surface area contributed by atoms with Crippen LogP contribution in [0, 0.1) is 13.8 Å². The summed E-state index contributed by atoms with van der Waals surface area (Å²) in [5.74, 6) is -0.438. The van der Waals surface area contributed by atoms with Crippen LogP contribution in [0.5, 0.6) is 5.75 Å². The van der Waals surface area contributed by atoms with E-state index in [0.717, 1.165) is 45.7 Å². The maximum atomic E-state index is 14.2. The molecule has 0 bridgehead atoms. The van der Waals surface area contributed by atoms with Crippen molar-refractivity contribution in [2.45, 2.75) is 52.6 Å². The van der Waals surface area contributed by atoms with Gasteiger partial charge in [0, 0.05) is 19.5 Å². The quantitative estimate of drug-likeness (QED) is 0.281. The van der Waals surface area contributed by atoms with Gasteiger partial charge in [-0.2, -0.15) is 0 Å². The summed E-state index contributed by atoms with van der Waals surface area (Å²) < 4.78 is 32.6. The van der Waals surface area contributed by atoms with Crippen LogP contribution < -0.4 is 14.4 Å². The van der Waals surface area contributed by atoms with Crippen LogP contribution in [-0.2, 0) is 32.6 Å². The molecule has 41 heavy (non-hydrogen) atoms. The van der Waals surface area contributed by atoms with Gasteiger partial charge in [-0.15, -0.1) is 0 Å². The molecule has 0 saturated carbocycles. The van der Waals surface area contributed by atoms with Gasteiger partial charge >= 0.3 is 0 Å². The molecule has 0 aliphatic rings. The third-order valence-electron chi connectivity index (χ3n) is 6.82. The number of aryl methyl sites for hydroxylation is 2. The van der Waals surface area contributed by atoms with Gasteiger partial charge in [-0.3, -0.25) is 13.9 Å². The molecule has 0 heterocycles. The molecule has 0 aliphatic carbocycles. The number of hydrogen-bond acceptors (Lipinski definition) is 5. The van der Waals surface area contributed by atoms with Gasteiger partial charge in [0.2, 0.25) is 21.8 Å². The fourth-order valence-electron chi connectivity index (χ4n) is 4.66. The highest BCUT2D eigenvalue weighted by atomic mass is 32.2. The zero-order chi connectivity index (χ0) is 30.0. The first-order valence-corrected chi connectivity index (χ1v) is 15.7. The molecule has 0 saturated heterocycles. The SMILES string of the molecule is CCCCNC(=O)C(Cc1ccccc1)N(Cc1cccc(C)c1)C(=O)CN(c1cc(C)ccc1OC)S(C)(=O)=O. The molecule has 1 atom stereocenters. The largest absolute Gasteiger partial charge is 0.495 e. The Morgan fingerprint density at radius 2 is 1.61 bits per heavy atom. The van der Waals surface area contributed by atoms with E-state index in [1.54, 1.807) is 12.1 Å². The lowest BCUT2D eigenvalue weighted by molar-refractivity contribution is -0.140. The molecule has 1 N–H and O–H groups in total. The Bertz CT molecular complexity index is 1430. The summed E-state index contributed by atoms with van der Waals surface area (Å²) in [6.45, 7) is 5.99. The van der Waals surface area contributed by atoms with Crippen LogP contribution in [0.3, 0.4) is 0 Å². The first-order valence-electron chi connectivity index (χ1n) is 13.8. The van der Waals surface area contributed by atoms with Crippen LogP contribution >= 0.6 is 0 Å². The molecule has 9 heteroatoms. The minimum atomic E-state index is -3.89. The maximum Gasteiger partial charge on any atom is 0.244 e. The summed E-state index contributed by atoms with van der Waals surface area (Å²) in [4.78, 5) is 29.4. The molecular weight excluding hydrogens is 538 g/mol. The summed E-state index contributed by atoms with van der Waals surface area (Å²) in [5.41, 5.74) is 3.84. The third-order valence-corrected chi connectivity index (χ3v) is 7.94. The van der Waals surface area contributed by atoms with Gasteiger partial charge in [0.1, 0.15) is 18.3 Å². The number of benzene rings is 3. The van der Waals surface area contributed by atoms with Crippen LogP contribution in [-0.4, -0.2) is 57.6 Å². The number of methoxy groups -OCH3 is 1. The van der Waals surface area contributed by atoms with E-state index in [9.17, 15) is 18.0 Å². The van der Waals surface area contributed by atoms with E-state index in [1.807, 2.05) is 81.4 Å². The highest BCUT2D eigenvalue weighted by Crippen LogP contribution is 2.31. The number of carbonyl (C=O) groups excluding carboxylic acids is 2. The van der Waals surface area contributed by atoms with E-state index in [-0.39, 0.29) is 24.6 Å². The molecule has 0 radical (unpaired) electrons. The first-order chi connectivity index (χ1) is 19.5. The van der Waals surface area contributed by atoms with Crippen molar-refractivity contribution in [2.75, 3.05) is 30.8 Å². The average molecular weight is 580 g/mol. The summed E-state index contributed by atoms with van der Waals surface area (Å²) in [7, 11) is -2.44. The Kier molecular flexibility index (Phi) is 11.3. The molecule has 0 aromatic heterocycles. The van der Waals surface area contributed by atoms with Gasteiger partial charge in [-0.1, -0.05) is 79.6 Å². The molecule has 3 aromatic rings. The number of ether oxygens (including phenoxy) is 1. The smallest absolute Gasteiger partial charge is 0.244 e. The normalized spacial score (nSPS) is 11.9. The summed E-state index contributed by atoms with van der Waals surface area (Å²) in [6.07, 6.45) is 3.07. The minimum absolute atomic E-state index is 0.141. The molecule has 3 aromatic carbocycles. The van der Waals surface area contributed by atoms with Crippen LogP contribution in [0.15, 0.2) is 72.8 Å². The molecule has 2 amide bonds. The number of nitrogens with one attached hydrogen (secondary N) is 1. The summed E-state index contributed by atoms with van der Waals surface area (Å²) in [6, 6.07) is 21.6. The van der Waals surface area contributed by atoms with E-state index in [4.69, 9.17) is 4.74 Å². The van der Waals surface area contributed by atoms with E-state index >= 15 is 0 Å². The van der Waals surface area contributed by atoms with Crippen LogP contribution in [0.1, 0.15) is 42.0 Å². The van der Waals surface area contributed by atoms with E-state index in [2.05, 4.69) is 5.32 Å². The lowest BCUT2D eigenvalue weighted by Gasteiger charge is -2.34. The Labute approximate surface area is 244 Å². The molecule has 3 rings (SSSR count). The molecular formula is C32H41N3O5S. The second kappa shape index (κ2) is 14.7. The van der Waals surface area contributed by atoms with Gasteiger partial charge in [0.05, 0.1) is 19.1 Å². The number of hydrogen-bond donors (Lipinski definition) is 1. The van der Waals surface area contributed by atoms with Crippen molar-refractivity contribution in [3.63, 3.8) is 0 Å². The van der Waals surface area contributed by atoms with Crippen molar-refractivity contribution < 1.29 is 22.7 Å². The Balaban J connectivity index is 2.08. The number of sulfonamides is 1. The van der Waals surface area contributed by atoms with Crippen LogP contribution in [0.2, 0.25) is 0 Å². The van der Waals surface area contributed by atoms with Gasteiger partial charge in [-0.25, -0.2) is 8.42 Å². The molecule has 0 aliphatic heterocycles. The van der Waals surface area contributed by atoms with E-state index in [0.29, 0.717) is 12.3 Å². The number of rotatable bonds is 14. The number of nitrogens with zero attached hydrogens (tertiary/aromatic N) is 2. The standard InChI is InChI=1S/C32H41N3O5S/c1-6-7-18-33-32(37)29(21-26-13-9-8-10-14-26)34(22-27-15-11-12-24(2)19-27)31(36)23-35(41(5,38)39)28-20-25(3)16-17-30(28)40-4/h8-17,19-20,29H,6-7,18,21-23H2,1-5H3,(H,33,37). The zero-order valence-electron chi connectivity index (χ0n) is 24.6. The van der Waals surface area contributed by atoms with Crippen molar-refractivity contribution in [1.29, 1.82) is 0 Å². The molecule has 0 fully saturated rings. The lowest BCUT2D eigenvalue weighted by atomic mass is 10.0. The Morgan fingerprint density at radius 3 is 2.24 bits per heavy atom. The van der Waals surface area contributed by atoms with Crippen molar-refractivity contribution in [2.24, 2.45) is 0 Å². The lowest BCUT2D eigenvalue weighted by Crippen LogP contribution is -2.53. The van der Waals surface area contributed by atoms with Crippen molar-refractivity contribution in [1.82, 2.24) is 10.2 Å². The van der Waals surface area contributed by atoms with Gasteiger partial charge < -0.3 is 15.0 Å². The third kappa shape index (κ3) is 9.08. The van der Waals surface area contributed by atoms with Crippen molar-refractivity contribution in [3.05, 3.63) is 95.1 Å². The number of carbonyl (C=O) groups is 2. The zero-order valence-corrected chi connectivity index (χ0v) is 25.4. The van der Waals surface area contributed by atoms with Crippen molar-refractivity contribution in [3.8, 4) is 5.75 Å². The van der Waals surface area contributed by atoms with Gasteiger partial charge in [-0.05, 0) is 49.1 Å². The fraction of sp³-hybridized carbons (Fsp3) is 0.375. The highest BCUT2D eigenvalue weighted by Gasteiger charge is 2.33. The Morgan fingerprint density at radius 1 is 0.927 bits per heavy atom. The molecule has 0 spiro atoms. The summed E-state index contributed by atoms with van der Waals surface area (Å²) >= 11 is 0. The van der Waals surface area contributed by atoms with Crippen LogP contribution in [0.4, 0.5) is 5.69 Å². The number of anilines is 1. The van der Waals surface area contributed by atoms with Crippen LogP contribution in [0.25, 0.3) is 0 Å². The molecule has 220 valence electrons. The van der Waals surface area contributed by atoms with E-state index in [1.165, 1.54) is 12.0 Å². The highest BCUT2D eigenvalue weighted by molar-refractivity contribution is 7.92. The number of amides is 2. The van der Waals surface area contributed by atoms with E-state index < -0.39 is 28.5 Å². The average Bonchev–Trinajstić information content (AvgIpc) is 2.93. The fourth-order valence-corrected chi connectivity index (χ4v) is 5.50. The number of unbranched alkanes of at least 4 members (excludes halogenated alkanes) is 1. The predicted octanol–water partition coefficient (Wildman–Crippen LogP) is 4.63. The second-order valence-electron chi connectivity index (χ2n) is 10.3. The predicted molar refractivity (Wildman–Crippen MR) is 164 cm³/mol. The van der Waals surface area contributed by atoms with Gasteiger partial charge in [0.25, 0.3) is 0 Å². The molecule has 8 nitrogen and oxygen atoms in total.